The van der Waals surface area contributed by atoms with Gasteiger partial charge in [-0.3, -0.25) is 4.98 Å². The summed E-state index contributed by atoms with van der Waals surface area (Å²) >= 11 is 0. The fourth-order valence-corrected chi connectivity index (χ4v) is 3.99. The standard InChI is InChI=1S/C28H30F3N5O/c1-16(2)14-37-15-22-35-25(32)23-19(17-8-10-18(11-9-17)27(3,4)5)13-21(34-26(23)36-22)24-20(28(29,30)31)7-6-12-33-24/h6-13,16H,14-15H2,1-5H3,(H2,32,34,35,36). The number of rotatable bonds is 6. The lowest BCUT2D eigenvalue weighted by Crippen LogP contribution is -2.11. The predicted octanol–water partition coefficient (Wildman–Crippen LogP) is 6.82. The van der Waals surface area contributed by atoms with Gasteiger partial charge in [-0.15, -0.1) is 0 Å². The van der Waals surface area contributed by atoms with E-state index in [-0.39, 0.29) is 34.9 Å². The van der Waals surface area contributed by atoms with Crippen molar-refractivity contribution in [3.05, 3.63) is 65.6 Å². The number of ether oxygens (including phenoxy) is 1. The van der Waals surface area contributed by atoms with Gasteiger partial charge >= 0.3 is 6.18 Å². The van der Waals surface area contributed by atoms with Gasteiger partial charge in [0, 0.05) is 12.8 Å². The number of nitrogen functional groups attached to an aromatic ring is 1. The molecule has 3 heterocycles. The third kappa shape index (κ3) is 5.88. The summed E-state index contributed by atoms with van der Waals surface area (Å²) in [5.74, 6) is 0.802. The average molecular weight is 510 g/mol. The lowest BCUT2D eigenvalue weighted by Gasteiger charge is -2.20. The quantitative estimate of drug-likeness (QED) is 0.307. The van der Waals surface area contributed by atoms with Gasteiger partial charge in [-0.2, -0.15) is 13.2 Å². The third-order valence-corrected chi connectivity index (χ3v) is 5.84. The Balaban J connectivity index is 1.94. The normalized spacial score (nSPS) is 12.5. The topological polar surface area (TPSA) is 86.8 Å². The van der Waals surface area contributed by atoms with E-state index < -0.39 is 11.7 Å². The largest absolute Gasteiger partial charge is 0.418 e. The van der Waals surface area contributed by atoms with Gasteiger partial charge in [0.1, 0.15) is 18.1 Å². The van der Waals surface area contributed by atoms with E-state index in [1.54, 1.807) is 6.07 Å². The van der Waals surface area contributed by atoms with Crippen molar-refractivity contribution in [1.29, 1.82) is 0 Å². The molecule has 0 radical (unpaired) electrons. The number of benzene rings is 1. The number of aromatic nitrogens is 4. The predicted molar refractivity (Wildman–Crippen MR) is 139 cm³/mol. The SMILES string of the molecule is CC(C)COCc1nc(N)c2c(-c3ccc(C(C)(C)C)cc3)cc(-c3ncccc3C(F)(F)F)nc2n1. The molecular weight excluding hydrogens is 479 g/mol. The smallest absolute Gasteiger partial charge is 0.383 e. The molecule has 37 heavy (non-hydrogen) atoms. The zero-order chi connectivity index (χ0) is 27.0. The van der Waals surface area contributed by atoms with E-state index in [0.29, 0.717) is 29.3 Å². The number of hydrogen-bond acceptors (Lipinski definition) is 6. The summed E-state index contributed by atoms with van der Waals surface area (Å²) in [5, 5.41) is 0.462. The Morgan fingerprint density at radius 2 is 1.68 bits per heavy atom. The molecule has 0 aliphatic heterocycles. The molecule has 2 N–H and O–H groups in total. The van der Waals surface area contributed by atoms with Crippen LogP contribution in [0.25, 0.3) is 33.5 Å². The third-order valence-electron chi connectivity index (χ3n) is 5.84. The second-order valence-corrected chi connectivity index (χ2v) is 10.4. The summed E-state index contributed by atoms with van der Waals surface area (Å²) in [4.78, 5) is 17.4. The highest BCUT2D eigenvalue weighted by atomic mass is 19.4. The lowest BCUT2D eigenvalue weighted by atomic mass is 9.86. The Morgan fingerprint density at radius 3 is 2.30 bits per heavy atom. The van der Waals surface area contributed by atoms with E-state index >= 15 is 0 Å². The van der Waals surface area contributed by atoms with Crippen LogP contribution in [0.2, 0.25) is 0 Å². The minimum absolute atomic E-state index is 0.0440. The molecule has 0 saturated heterocycles. The van der Waals surface area contributed by atoms with E-state index in [4.69, 9.17) is 10.5 Å². The van der Waals surface area contributed by atoms with E-state index in [2.05, 4.69) is 40.7 Å². The van der Waals surface area contributed by atoms with Gasteiger partial charge in [-0.25, -0.2) is 15.0 Å². The maximum absolute atomic E-state index is 13.8. The van der Waals surface area contributed by atoms with Gasteiger partial charge in [-0.1, -0.05) is 58.9 Å². The molecule has 0 bridgehead atoms. The summed E-state index contributed by atoms with van der Waals surface area (Å²) in [6.45, 7) is 11.0. The van der Waals surface area contributed by atoms with Crippen molar-refractivity contribution in [3.63, 3.8) is 0 Å². The van der Waals surface area contributed by atoms with Crippen LogP contribution in [0, 0.1) is 5.92 Å². The highest BCUT2D eigenvalue weighted by molar-refractivity contribution is 6.01. The van der Waals surface area contributed by atoms with Crippen LogP contribution in [0.15, 0.2) is 48.7 Å². The monoisotopic (exact) mass is 509 g/mol. The number of halogens is 3. The molecule has 9 heteroatoms. The minimum atomic E-state index is -4.60. The zero-order valence-corrected chi connectivity index (χ0v) is 21.5. The Kier molecular flexibility index (Phi) is 7.19. The fraction of sp³-hybridized carbons (Fsp3) is 0.357. The van der Waals surface area contributed by atoms with Gasteiger partial charge < -0.3 is 10.5 Å². The summed E-state index contributed by atoms with van der Waals surface area (Å²) in [7, 11) is 0. The number of fused-ring (bicyclic) bond motifs is 1. The van der Waals surface area contributed by atoms with E-state index in [1.807, 2.05) is 38.1 Å². The van der Waals surface area contributed by atoms with Crippen LogP contribution in [0.1, 0.15) is 51.6 Å². The Hall–Kier alpha value is -3.59. The lowest BCUT2D eigenvalue weighted by molar-refractivity contribution is -0.137. The van der Waals surface area contributed by atoms with Crippen molar-refractivity contribution in [2.45, 2.75) is 52.8 Å². The maximum atomic E-state index is 13.8. The number of pyridine rings is 2. The average Bonchev–Trinajstić information content (AvgIpc) is 2.82. The van der Waals surface area contributed by atoms with E-state index in [0.717, 1.165) is 17.2 Å². The van der Waals surface area contributed by atoms with Crippen LogP contribution in [0.5, 0.6) is 0 Å². The minimum Gasteiger partial charge on any atom is -0.383 e. The first kappa shape index (κ1) is 26.5. The molecule has 4 aromatic rings. The van der Waals surface area contributed by atoms with Gasteiger partial charge in [0.15, 0.2) is 11.5 Å². The molecule has 0 aliphatic rings. The molecular formula is C28H30F3N5O. The first-order chi connectivity index (χ1) is 17.3. The van der Waals surface area contributed by atoms with Gasteiger partial charge in [0.05, 0.1) is 16.6 Å². The Labute approximate surface area is 214 Å². The molecule has 0 saturated carbocycles. The maximum Gasteiger partial charge on any atom is 0.418 e. The molecule has 194 valence electrons. The highest BCUT2D eigenvalue weighted by Crippen LogP contribution is 2.39. The van der Waals surface area contributed by atoms with Gasteiger partial charge in [0.2, 0.25) is 0 Å². The number of nitrogens with two attached hydrogens (primary N) is 1. The van der Waals surface area contributed by atoms with Crippen LogP contribution < -0.4 is 5.73 Å². The van der Waals surface area contributed by atoms with Crippen LogP contribution in [-0.2, 0) is 22.9 Å². The van der Waals surface area contributed by atoms with Crippen molar-refractivity contribution >= 4 is 16.9 Å². The van der Waals surface area contributed by atoms with Crippen LogP contribution >= 0.6 is 0 Å². The molecule has 0 aliphatic carbocycles. The molecule has 0 fully saturated rings. The van der Waals surface area contributed by atoms with Crippen molar-refractivity contribution in [2.24, 2.45) is 5.92 Å². The Morgan fingerprint density at radius 1 is 0.973 bits per heavy atom. The molecule has 3 aromatic heterocycles. The number of alkyl halides is 3. The summed E-state index contributed by atoms with van der Waals surface area (Å²) in [5.41, 5.74) is 7.83. The van der Waals surface area contributed by atoms with Crippen LogP contribution in [0.4, 0.5) is 19.0 Å². The van der Waals surface area contributed by atoms with Crippen molar-refractivity contribution in [1.82, 2.24) is 19.9 Å². The second-order valence-electron chi connectivity index (χ2n) is 10.4. The van der Waals surface area contributed by atoms with Crippen molar-refractivity contribution in [2.75, 3.05) is 12.3 Å². The van der Waals surface area contributed by atoms with Crippen molar-refractivity contribution in [3.8, 4) is 22.5 Å². The fourth-order valence-electron chi connectivity index (χ4n) is 3.99. The molecule has 0 amide bonds. The molecule has 0 atom stereocenters. The summed E-state index contributed by atoms with van der Waals surface area (Å²) < 4.78 is 47.1. The van der Waals surface area contributed by atoms with E-state index in [1.165, 1.54) is 12.3 Å². The van der Waals surface area contributed by atoms with E-state index in [9.17, 15) is 13.2 Å². The number of hydrogen-bond donors (Lipinski definition) is 1. The first-order valence-corrected chi connectivity index (χ1v) is 12.0. The van der Waals surface area contributed by atoms with Crippen LogP contribution in [0.3, 0.4) is 0 Å². The van der Waals surface area contributed by atoms with Gasteiger partial charge in [-0.05, 0) is 46.2 Å². The van der Waals surface area contributed by atoms with Gasteiger partial charge in [0.25, 0.3) is 0 Å². The molecule has 0 spiro atoms. The first-order valence-electron chi connectivity index (χ1n) is 12.0. The summed E-state index contributed by atoms with van der Waals surface area (Å²) in [6.07, 6.45) is -3.29. The number of nitrogens with zero attached hydrogens (tertiary/aromatic N) is 4. The molecule has 1 aromatic carbocycles. The second kappa shape index (κ2) is 10.0. The van der Waals surface area contributed by atoms with Crippen LogP contribution in [-0.4, -0.2) is 26.5 Å². The Bertz CT molecular complexity index is 1410. The highest BCUT2D eigenvalue weighted by Gasteiger charge is 2.35. The van der Waals surface area contributed by atoms with Crippen molar-refractivity contribution < 1.29 is 17.9 Å². The summed E-state index contributed by atoms with van der Waals surface area (Å²) in [6, 6.07) is 11.6. The molecule has 6 nitrogen and oxygen atoms in total. The number of anilines is 1. The molecule has 0 unspecified atom stereocenters. The molecule has 4 rings (SSSR count). The zero-order valence-electron chi connectivity index (χ0n) is 21.5.